The van der Waals surface area contributed by atoms with Gasteiger partial charge in [0.25, 0.3) is 0 Å². The fourth-order valence-electron chi connectivity index (χ4n) is 2.94. The smallest absolute Gasteiger partial charge is 0.195 e. The van der Waals surface area contributed by atoms with Gasteiger partial charge >= 0.3 is 0 Å². The predicted octanol–water partition coefficient (Wildman–Crippen LogP) is 2.04. The molecule has 0 aliphatic heterocycles. The van der Waals surface area contributed by atoms with Gasteiger partial charge in [-0.15, -0.1) is 0 Å². The summed E-state index contributed by atoms with van der Waals surface area (Å²) < 4.78 is 15.6. The first-order chi connectivity index (χ1) is 13.7. The summed E-state index contributed by atoms with van der Waals surface area (Å²) in [6, 6.07) is 5.65. The number of aliphatic hydroxyl groups excluding tert-OH is 1. The number of aliphatic hydroxyl groups is 1. The van der Waals surface area contributed by atoms with Crippen molar-refractivity contribution < 1.29 is 9.50 Å². The molecule has 0 aromatic carbocycles. The number of rotatable bonds is 11. The number of halogens is 1. The van der Waals surface area contributed by atoms with E-state index in [2.05, 4.69) is 31.0 Å². The van der Waals surface area contributed by atoms with E-state index in [-0.39, 0.29) is 18.3 Å². The molecule has 1 atom stereocenters. The second-order valence-corrected chi connectivity index (χ2v) is 6.47. The second-order valence-electron chi connectivity index (χ2n) is 6.47. The van der Waals surface area contributed by atoms with Crippen molar-refractivity contribution in [3.05, 3.63) is 48.2 Å². The first-order valence-electron chi connectivity index (χ1n) is 9.46. The molecular weight excluding hydrogens is 361 g/mol. The molecule has 0 saturated carbocycles. The maximum Gasteiger partial charge on any atom is 0.195 e. The van der Waals surface area contributed by atoms with Crippen LogP contribution in [0, 0.1) is 5.82 Å². The van der Waals surface area contributed by atoms with Gasteiger partial charge in [-0.25, -0.2) is 9.37 Å². The SMILES string of the molecule is CCNCCC(CCO)Nc1cc(NCc2cccnc2)n2ncc(F)c2n1. The Labute approximate surface area is 163 Å². The monoisotopic (exact) mass is 387 g/mol. The number of hydrogen-bond donors (Lipinski definition) is 4. The minimum Gasteiger partial charge on any atom is -0.396 e. The fourth-order valence-corrected chi connectivity index (χ4v) is 2.94. The zero-order valence-corrected chi connectivity index (χ0v) is 15.9. The molecule has 3 heterocycles. The lowest BCUT2D eigenvalue weighted by atomic mass is 10.1. The van der Waals surface area contributed by atoms with Crippen molar-refractivity contribution in [3.8, 4) is 0 Å². The highest BCUT2D eigenvalue weighted by Gasteiger charge is 2.14. The molecule has 0 amide bonds. The van der Waals surface area contributed by atoms with Crippen molar-refractivity contribution >= 4 is 17.3 Å². The van der Waals surface area contributed by atoms with Crippen molar-refractivity contribution in [1.82, 2.24) is 24.9 Å². The third-order valence-corrected chi connectivity index (χ3v) is 4.37. The molecule has 8 nitrogen and oxygen atoms in total. The Morgan fingerprint density at radius 1 is 1.29 bits per heavy atom. The number of pyridine rings is 1. The zero-order valence-electron chi connectivity index (χ0n) is 15.9. The first kappa shape index (κ1) is 20.0. The van der Waals surface area contributed by atoms with E-state index < -0.39 is 5.82 Å². The third kappa shape index (κ3) is 5.14. The van der Waals surface area contributed by atoms with Crippen LogP contribution >= 0.6 is 0 Å². The molecule has 0 radical (unpaired) electrons. The van der Waals surface area contributed by atoms with Crippen LogP contribution in [0.3, 0.4) is 0 Å². The molecule has 1 unspecified atom stereocenters. The van der Waals surface area contributed by atoms with Gasteiger partial charge < -0.3 is 21.1 Å². The van der Waals surface area contributed by atoms with Gasteiger partial charge in [0.15, 0.2) is 11.5 Å². The van der Waals surface area contributed by atoms with Crippen molar-refractivity contribution in [2.24, 2.45) is 0 Å². The van der Waals surface area contributed by atoms with E-state index in [1.54, 1.807) is 18.5 Å². The van der Waals surface area contributed by atoms with Crippen LogP contribution in [0.25, 0.3) is 5.65 Å². The Bertz CT molecular complexity index is 871. The van der Waals surface area contributed by atoms with Crippen LogP contribution in [0.1, 0.15) is 25.3 Å². The van der Waals surface area contributed by atoms with Gasteiger partial charge in [0.05, 0.1) is 6.20 Å². The third-order valence-electron chi connectivity index (χ3n) is 4.37. The van der Waals surface area contributed by atoms with E-state index in [0.717, 1.165) is 31.3 Å². The summed E-state index contributed by atoms with van der Waals surface area (Å²) in [6.45, 7) is 4.35. The topological polar surface area (TPSA) is 99.4 Å². The number of aromatic nitrogens is 4. The Morgan fingerprint density at radius 2 is 2.18 bits per heavy atom. The van der Waals surface area contributed by atoms with Crippen LogP contribution in [-0.2, 0) is 6.54 Å². The van der Waals surface area contributed by atoms with E-state index >= 15 is 0 Å². The van der Waals surface area contributed by atoms with Crippen molar-refractivity contribution in [3.63, 3.8) is 0 Å². The minimum atomic E-state index is -0.487. The standard InChI is InChI=1S/C19H26FN7O/c1-2-21-8-5-15(6-9-28)25-17-10-18(23-12-14-4-3-7-22-11-14)27-19(26-17)16(20)13-24-27/h3-4,7,10-11,13,15,21,23,28H,2,5-6,8-9,12H2,1H3,(H,25,26). The van der Waals surface area contributed by atoms with Crippen LogP contribution < -0.4 is 16.0 Å². The summed E-state index contributed by atoms with van der Waals surface area (Å²) in [4.78, 5) is 8.46. The van der Waals surface area contributed by atoms with Gasteiger partial charge in [-0.3, -0.25) is 4.98 Å². The Morgan fingerprint density at radius 3 is 2.93 bits per heavy atom. The molecule has 0 fully saturated rings. The number of hydrogen-bond acceptors (Lipinski definition) is 7. The van der Waals surface area contributed by atoms with Gasteiger partial charge in [-0.2, -0.15) is 9.61 Å². The Hall–Kier alpha value is -2.78. The van der Waals surface area contributed by atoms with Gasteiger partial charge in [-0.1, -0.05) is 13.0 Å². The first-order valence-corrected chi connectivity index (χ1v) is 9.46. The van der Waals surface area contributed by atoms with E-state index in [4.69, 9.17) is 0 Å². The van der Waals surface area contributed by atoms with Crippen LogP contribution in [0.2, 0.25) is 0 Å². The lowest BCUT2D eigenvalue weighted by Crippen LogP contribution is -2.27. The van der Waals surface area contributed by atoms with E-state index in [9.17, 15) is 9.50 Å². The molecular formula is C19H26FN7O. The molecule has 9 heteroatoms. The normalized spacial score (nSPS) is 12.2. The molecule has 0 aliphatic carbocycles. The van der Waals surface area contributed by atoms with E-state index in [1.165, 1.54) is 4.52 Å². The van der Waals surface area contributed by atoms with Crippen molar-refractivity contribution in [1.29, 1.82) is 0 Å². The number of nitrogens with one attached hydrogen (secondary N) is 3. The molecule has 0 saturated heterocycles. The molecule has 3 aromatic heterocycles. The quantitative estimate of drug-likeness (QED) is 0.374. The molecule has 0 bridgehead atoms. The highest BCUT2D eigenvalue weighted by molar-refractivity contribution is 5.57. The van der Waals surface area contributed by atoms with Gasteiger partial charge in [-0.05, 0) is 37.6 Å². The highest BCUT2D eigenvalue weighted by Crippen LogP contribution is 2.20. The van der Waals surface area contributed by atoms with E-state index in [1.807, 2.05) is 19.1 Å². The maximum absolute atomic E-state index is 14.1. The summed E-state index contributed by atoms with van der Waals surface area (Å²) >= 11 is 0. The Balaban J connectivity index is 1.80. The molecule has 0 spiro atoms. The lowest BCUT2D eigenvalue weighted by Gasteiger charge is -2.19. The Kier molecular flexibility index (Phi) is 7.10. The van der Waals surface area contributed by atoms with Crippen LogP contribution in [0.4, 0.5) is 16.0 Å². The lowest BCUT2D eigenvalue weighted by molar-refractivity contribution is 0.276. The van der Waals surface area contributed by atoms with Gasteiger partial charge in [0, 0.05) is 37.7 Å². The molecule has 3 rings (SSSR count). The molecule has 0 aliphatic rings. The van der Waals surface area contributed by atoms with Gasteiger partial charge in [0.2, 0.25) is 0 Å². The average Bonchev–Trinajstić information content (AvgIpc) is 3.08. The minimum absolute atomic E-state index is 0.0242. The van der Waals surface area contributed by atoms with Crippen LogP contribution in [0.15, 0.2) is 36.8 Å². The largest absolute Gasteiger partial charge is 0.396 e. The molecule has 3 aromatic rings. The van der Waals surface area contributed by atoms with Crippen molar-refractivity contribution in [2.45, 2.75) is 32.4 Å². The van der Waals surface area contributed by atoms with E-state index in [0.29, 0.717) is 24.6 Å². The predicted molar refractivity (Wildman–Crippen MR) is 107 cm³/mol. The maximum atomic E-state index is 14.1. The number of fused-ring (bicyclic) bond motifs is 1. The fraction of sp³-hybridized carbons (Fsp3) is 0.421. The summed E-state index contributed by atoms with van der Waals surface area (Å²) in [5.41, 5.74) is 1.14. The second kappa shape index (κ2) is 9.95. The summed E-state index contributed by atoms with van der Waals surface area (Å²) in [7, 11) is 0. The summed E-state index contributed by atoms with van der Waals surface area (Å²) in [5, 5.41) is 23.3. The van der Waals surface area contributed by atoms with Crippen molar-refractivity contribution in [2.75, 3.05) is 30.3 Å². The van der Waals surface area contributed by atoms with Crippen LogP contribution in [-0.4, -0.2) is 50.4 Å². The summed E-state index contributed by atoms with van der Waals surface area (Å²) in [5.74, 6) is 0.671. The molecule has 150 valence electrons. The molecule has 28 heavy (non-hydrogen) atoms. The average molecular weight is 387 g/mol. The van der Waals surface area contributed by atoms with Gasteiger partial charge in [0.1, 0.15) is 11.6 Å². The number of anilines is 2. The van der Waals surface area contributed by atoms with Crippen LogP contribution in [0.5, 0.6) is 0 Å². The highest BCUT2D eigenvalue weighted by atomic mass is 19.1. The zero-order chi connectivity index (χ0) is 19.8. The summed E-state index contributed by atoms with van der Waals surface area (Å²) in [6.07, 6.45) is 6.04. The molecule has 4 N–H and O–H groups in total. The number of nitrogens with zero attached hydrogens (tertiary/aromatic N) is 4.